The first-order chi connectivity index (χ1) is 8.37. The van der Waals surface area contributed by atoms with Crippen LogP contribution in [0.15, 0.2) is 24.3 Å². The van der Waals surface area contributed by atoms with E-state index in [1.54, 1.807) is 0 Å². The monoisotopic (exact) mass is 255 g/mol. The minimum atomic E-state index is -4.37. The van der Waals surface area contributed by atoms with Crippen molar-refractivity contribution in [3.8, 4) is 0 Å². The van der Waals surface area contributed by atoms with Crippen LogP contribution in [0, 0.1) is 16.2 Å². The maximum atomic E-state index is 13.0. The van der Waals surface area contributed by atoms with Crippen LogP contribution in [0.2, 0.25) is 0 Å². The lowest BCUT2D eigenvalue weighted by Gasteiger charge is -2.29. The quantitative estimate of drug-likeness (QED) is 0.352. The number of halogens is 2. The molecule has 0 spiro atoms. The van der Waals surface area contributed by atoms with Crippen molar-refractivity contribution in [3.63, 3.8) is 0 Å². The Morgan fingerprint density at radius 2 is 2.00 bits per heavy atom. The number of nitro groups is 1. The number of nitro benzene ring substituents is 1. The second-order valence-electron chi connectivity index (χ2n) is 3.71. The highest BCUT2D eigenvalue weighted by atomic mass is 19.3. The third kappa shape index (κ3) is 2.61. The van der Waals surface area contributed by atoms with Gasteiger partial charge in [0.05, 0.1) is 4.92 Å². The van der Waals surface area contributed by atoms with E-state index >= 15 is 0 Å². The molecule has 2 rings (SSSR count). The van der Waals surface area contributed by atoms with Crippen LogP contribution < -0.4 is 0 Å². The molecule has 0 N–H and O–H groups in total. The van der Waals surface area contributed by atoms with E-state index in [9.17, 15) is 18.7 Å². The summed E-state index contributed by atoms with van der Waals surface area (Å²) in [5, 5.41) is 10.5. The van der Waals surface area contributed by atoms with Gasteiger partial charge < -0.3 is 17.9 Å². The number of hydrogen-bond donors (Lipinski definition) is 0. The van der Waals surface area contributed by atoms with Crippen molar-refractivity contribution in [2.75, 3.05) is 0 Å². The third-order valence-electron chi connectivity index (χ3n) is 2.29. The number of rotatable bonds is 2. The Hall–Kier alpha value is -2.05. The third-order valence-corrected chi connectivity index (χ3v) is 2.29. The van der Waals surface area contributed by atoms with Gasteiger partial charge in [-0.25, -0.2) is 0 Å². The van der Waals surface area contributed by atoms with Crippen LogP contribution in [-0.4, -0.2) is 18.1 Å². The van der Waals surface area contributed by atoms with Gasteiger partial charge in [0.15, 0.2) is 11.7 Å². The summed E-state index contributed by atoms with van der Waals surface area (Å²) in [5.74, 6) is -0.159. The smallest absolute Gasteiger partial charge is 0.601 e. The summed E-state index contributed by atoms with van der Waals surface area (Å²) in [6.45, 7) is 1.41. The van der Waals surface area contributed by atoms with Gasteiger partial charge in [-0.15, -0.1) is 0 Å². The zero-order valence-corrected chi connectivity index (χ0v) is 9.30. The van der Waals surface area contributed by atoms with E-state index in [-0.39, 0.29) is 17.0 Å². The topological polar surface area (TPSA) is 61.6 Å². The standard InChI is InChI=1S/C10H8BF2NO4/c1-7-6-10(18-11(12,13)17-7)8-2-4-9(5-3-8)14(15)16/h2-5,7H,1H3. The van der Waals surface area contributed by atoms with Gasteiger partial charge in [-0.1, -0.05) is 0 Å². The van der Waals surface area contributed by atoms with Crippen LogP contribution >= 0.6 is 0 Å². The van der Waals surface area contributed by atoms with Crippen LogP contribution in [0.3, 0.4) is 0 Å². The zero-order chi connectivity index (χ0) is 13.3. The molecule has 0 saturated carbocycles. The highest BCUT2D eigenvalue weighted by molar-refractivity contribution is 6.53. The number of non-ortho nitro benzene ring substituents is 1. The maximum Gasteiger partial charge on any atom is 0.668 e. The molecular weight excluding hydrogens is 247 g/mol. The Morgan fingerprint density at radius 3 is 2.50 bits per heavy atom. The van der Waals surface area contributed by atoms with Crippen LogP contribution in [0.4, 0.5) is 14.3 Å². The molecule has 0 radical (unpaired) electrons. The zero-order valence-electron chi connectivity index (χ0n) is 9.30. The normalized spacial score (nSPS) is 21.5. The van der Waals surface area contributed by atoms with Gasteiger partial charge in [-0.05, 0) is 6.92 Å². The van der Waals surface area contributed by atoms with Crippen LogP contribution in [0.1, 0.15) is 12.5 Å². The summed E-state index contributed by atoms with van der Waals surface area (Å²) >= 11 is 0. The Bertz CT molecular complexity index is 503. The first-order valence-corrected chi connectivity index (χ1v) is 5.12. The molecule has 5 nitrogen and oxygen atoms in total. The molecular formula is C10H8BF2NO4. The predicted molar refractivity (Wildman–Crippen MR) is 59.3 cm³/mol. The highest BCUT2D eigenvalue weighted by Crippen LogP contribution is 2.30. The Balaban J connectivity index is 2.28. The number of benzene rings is 1. The van der Waals surface area contributed by atoms with Crippen molar-refractivity contribution in [1.82, 2.24) is 0 Å². The summed E-state index contributed by atoms with van der Waals surface area (Å²) < 4.78 is 34.7. The molecule has 1 atom stereocenters. The molecule has 0 aromatic heterocycles. The van der Waals surface area contributed by atoms with Crippen molar-refractivity contribution < 1.29 is 22.9 Å². The Morgan fingerprint density at radius 1 is 1.39 bits per heavy atom. The average molecular weight is 255 g/mol. The minimum Gasteiger partial charge on any atom is -0.601 e. The van der Waals surface area contributed by atoms with E-state index in [4.69, 9.17) is 0 Å². The fraction of sp³-hybridized carbons (Fsp3) is 0.200. The lowest BCUT2D eigenvalue weighted by atomic mass is 10.1. The SMILES string of the molecule is CC1[C+]=C(c2ccc([N+](=O)[O-])cc2)O[B-](F)(F)O1. The van der Waals surface area contributed by atoms with Crippen molar-refractivity contribution >= 4 is 18.6 Å². The van der Waals surface area contributed by atoms with E-state index < -0.39 is 18.1 Å². The van der Waals surface area contributed by atoms with E-state index in [2.05, 4.69) is 15.4 Å². The van der Waals surface area contributed by atoms with Crippen LogP contribution in [0.25, 0.3) is 5.76 Å². The molecule has 94 valence electrons. The molecule has 0 amide bonds. The second-order valence-corrected chi connectivity index (χ2v) is 3.71. The molecule has 0 aliphatic carbocycles. The summed E-state index contributed by atoms with van der Waals surface area (Å²) in [4.78, 5) is 9.88. The molecule has 18 heavy (non-hydrogen) atoms. The molecule has 0 bridgehead atoms. The van der Waals surface area contributed by atoms with Crippen molar-refractivity contribution in [2.45, 2.75) is 13.0 Å². The fourth-order valence-corrected chi connectivity index (χ4v) is 1.54. The lowest BCUT2D eigenvalue weighted by molar-refractivity contribution is -0.384. The van der Waals surface area contributed by atoms with Gasteiger partial charge in [0, 0.05) is 24.3 Å². The van der Waals surface area contributed by atoms with Gasteiger partial charge in [0.25, 0.3) is 5.69 Å². The minimum absolute atomic E-state index is 0.128. The van der Waals surface area contributed by atoms with Gasteiger partial charge in [-0.3, -0.25) is 10.1 Å². The van der Waals surface area contributed by atoms with E-state index in [1.165, 1.54) is 31.2 Å². The second kappa shape index (κ2) is 4.32. The average Bonchev–Trinajstić information content (AvgIpc) is 2.26. The molecule has 1 aromatic carbocycles. The summed E-state index contributed by atoms with van der Waals surface area (Å²) in [7, 11) is -4.37. The van der Waals surface area contributed by atoms with Crippen molar-refractivity contribution in [1.29, 1.82) is 0 Å². The summed E-state index contributed by atoms with van der Waals surface area (Å²) in [6.07, 6.45) is 1.67. The summed E-state index contributed by atoms with van der Waals surface area (Å²) in [5.41, 5.74) is 0.161. The largest absolute Gasteiger partial charge is 0.668 e. The first kappa shape index (κ1) is 12.4. The predicted octanol–water partition coefficient (Wildman–Crippen LogP) is 2.55. The molecule has 1 heterocycles. The molecule has 1 aliphatic rings. The maximum absolute atomic E-state index is 13.0. The van der Waals surface area contributed by atoms with Crippen LogP contribution in [-0.2, 0) is 9.31 Å². The van der Waals surface area contributed by atoms with Gasteiger partial charge in [0.2, 0.25) is 0 Å². The van der Waals surface area contributed by atoms with Gasteiger partial charge in [-0.2, -0.15) is 0 Å². The van der Waals surface area contributed by atoms with Crippen LogP contribution in [0.5, 0.6) is 0 Å². The number of nitrogens with zero attached hydrogens (tertiary/aromatic N) is 1. The van der Waals surface area contributed by atoms with E-state index in [0.717, 1.165) is 0 Å². The fourth-order valence-electron chi connectivity index (χ4n) is 1.54. The molecule has 0 saturated heterocycles. The summed E-state index contributed by atoms with van der Waals surface area (Å²) in [6, 6.07) is 5.06. The molecule has 1 aliphatic heterocycles. The van der Waals surface area contributed by atoms with Gasteiger partial charge in [0.1, 0.15) is 6.08 Å². The van der Waals surface area contributed by atoms with Gasteiger partial charge >= 0.3 is 12.9 Å². The van der Waals surface area contributed by atoms with Crippen molar-refractivity contribution in [3.05, 3.63) is 46.0 Å². The Labute approximate surface area is 101 Å². The highest BCUT2D eigenvalue weighted by Gasteiger charge is 2.41. The van der Waals surface area contributed by atoms with Crippen molar-refractivity contribution in [2.24, 2.45) is 0 Å². The lowest BCUT2D eigenvalue weighted by Crippen LogP contribution is -2.38. The molecule has 8 heteroatoms. The van der Waals surface area contributed by atoms with E-state index in [0.29, 0.717) is 0 Å². The molecule has 1 aromatic rings. The molecule has 1 unspecified atom stereocenters. The first-order valence-electron chi connectivity index (χ1n) is 5.12. The van der Waals surface area contributed by atoms with E-state index in [1.807, 2.05) is 0 Å². The Kier molecular flexibility index (Phi) is 2.98. The molecule has 0 fully saturated rings. The number of hydrogen-bond acceptors (Lipinski definition) is 4.